The van der Waals surface area contributed by atoms with Crippen molar-refractivity contribution in [2.75, 3.05) is 40.9 Å². The Hall–Kier alpha value is -2.29. The van der Waals surface area contributed by atoms with E-state index in [2.05, 4.69) is 74.7 Å². The molecule has 0 aliphatic rings. The Morgan fingerprint density at radius 2 is 0.899 bits per heavy atom. The van der Waals surface area contributed by atoms with Gasteiger partial charge in [-0.3, -0.25) is 14.2 Å². The maximum atomic E-state index is 13.5. The van der Waals surface area contributed by atoms with E-state index in [0.717, 1.165) is 64.2 Å². The Kier molecular flexibility index (Phi) is 47.7. The van der Waals surface area contributed by atoms with Crippen LogP contribution in [0.15, 0.2) is 60.8 Å². The van der Waals surface area contributed by atoms with Gasteiger partial charge < -0.3 is 28.5 Å². The van der Waals surface area contributed by atoms with Gasteiger partial charge in [0.05, 0.1) is 33.8 Å². The van der Waals surface area contributed by atoms with Crippen molar-refractivity contribution in [3.8, 4) is 0 Å². The molecule has 1 amide bonds. The molecular formula is C59H109N2O7P. The summed E-state index contributed by atoms with van der Waals surface area (Å²) in [4.78, 5) is 39.8. The summed E-state index contributed by atoms with van der Waals surface area (Å²) in [6.45, 7) is 6.78. The second-order valence-electron chi connectivity index (χ2n) is 20.4. The van der Waals surface area contributed by atoms with Crippen LogP contribution in [-0.4, -0.2) is 69.4 Å². The number of rotatable bonds is 51. The number of nitrogens with one attached hydrogen (secondary N) is 1. The number of carbonyl (C=O) groups is 2. The minimum Gasteiger partial charge on any atom is -0.756 e. The van der Waals surface area contributed by atoms with E-state index in [-0.39, 0.29) is 18.9 Å². The predicted molar refractivity (Wildman–Crippen MR) is 293 cm³/mol. The molecular weight excluding hydrogens is 880 g/mol. The van der Waals surface area contributed by atoms with Gasteiger partial charge in [-0.25, -0.2) is 0 Å². The maximum Gasteiger partial charge on any atom is 0.306 e. The normalized spacial score (nSPS) is 14.2. The molecule has 0 fully saturated rings. The third kappa shape index (κ3) is 50.4. The average Bonchev–Trinajstić information content (AvgIpc) is 3.31. The van der Waals surface area contributed by atoms with E-state index >= 15 is 0 Å². The van der Waals surface area contributed by atoms with Gasteiger partial charge in [-0.15, -0.1) is 0 Å². The first-order valence-corrected chi connectivity index (χ1v) is 30.1. The van der Waals surface area contributed by atoms with E-state index in [9.17, 15) is 19.0 Å². The van der Waals surface area contributed by atoms with Crippen LogP contribution in [0.1, 0.15) is 252 Å². The van der Waals surface area contributed by atoms with Crippen LogP contribution in [0.4, 0.5) is 0 Å². The summed E-state index contributed by atoms with van der Waals surface area (Å²) < 4.78 is 30.2. The molecule has 0 aromatic heterocycles. The minimum absolute atomic E-state index is 0.0307. The average molecular weight is 990 g/mol. The summed E-state index contributed by atoms with van der Waals surface area (Å²) in [5.74, 6) is -0.603. The molecule has 0 saturated carbocycles. The number of hydrogen-bond donors (Lipinski definition) is 1. The molecule has 10 heteroatoms. The van der Waals surface area contributed by atoms with Crippen LogP contribution in [-0.2, 0) is 27.9 Å². The first-order chi connectivity index (χ1) is 33.4. The number of phosphoric acid groups is 1. The van der Waals surface area contributed by atoms with Crippen LogP contribution >= 0.6 is 7.82 Å². The van der Waals surface area contributed by atoms with Gasteiger partial charge in [0, 0.05) is 12.8 Å². The molecule has 0 spiro atoms. The zero-order chi connectivity index (χ0) is 50.8. The monoisotopic (exact) mass is 989 g/mol. The van der Waals surface area contributed by atoms with E-state index < -0.39 is 32.5 Å². The van der Waals surface area contributed by atoms with Gasteiger partial charge in [0.2, 0.25) is 5.91 Å². The van der Waals surface area contributed by atoms with E-state index in [1.165, 1.54) is 148 Å². The molecule has 3 atom stereocenters. The maximum absolute atomic E-state index is 13.5. The van der Waals surface area contributed by atoms with Gasteiger partial charge in [0.15, 0.2) is 0 Å². The number of nitrogens with zero attached hydrogens (tertiary/aromatic N) is 1. The van der Waals surface area contributed by atoms with Crippen LogP contribution < -0.4 is 10.2 Å². The number of hydrogen-bond acceptors (Lipinski definition) is 7. The molecule has 9 nitrogen and oxygen atoms in total. The Morgan fingerprint density at radius 3 is 1.38 bits per heavy atom. The highest BCUT2D eigenvalue weighted by Crippen LogP contribution is 2.38. The molecule has 0 aliphatic heterocycles. The molecule has 1 N–H and O–H groups in total. The molecule has 69 heavy (non-hydrogen) atoms. The molecule has 402 valence electrons. The lowest BCUT2D eigenvalue weighted by atomic mass is 10.0. The molecule has 0 heterocycles. The summed E-state index contributed by atoms with van der Waals surface area (Å²) in [7, 11) is 1.16. The fourth-order valence-corrected chi connectivity index (χ4v) is 8.71. The highest BCUT2D eigenvalue weighted by atomic mass is 31.2. The lowest BCUT2D eigenvalue weighted by Crippen LogP contribution is -2.47. The number of likely N-dealkylation sites (N-methyl/N-ethyl adjacent to an activating group) is 1. The first kappa shape index (κ1) is 66.7. The van der Waals surface area contributed by atoms with Gasteiger partial charge in [0.25, 0.3) is 7.82 Å². The quantitative estimate of drug-likeness (QED) is 0.0212. The lowest BCUT2D eigenvalue weighted by Gasteiger charge is -2.30. The second-order valence-corrected chi connectivity index (χ2v) is 21.9. The first-order valence-electron chi connectivity index (χ1n) is 28.6. The zero-order valence-electron chi connectivity index (χ0n) is 45.8. The van der Waals surface area contributed by atoms with Crippen LogP contribution in [0, 0.1) is 0 Å². The number of esters is 1. The van der Waals surface area contributed by atoms with E-state index in [1.807, 2.05) is 33.3 Å². The van der Waals surface area contributed by atoms with Crippen molar-refractivity contribution in [1.82, 2.24) is 5.32 Å². The van der Waals surface area contributed by atoms with Crippen molar-refractivity contribution in [3.05, 3.63) is 60.8 Å². The van der Waals surface area contributed by atoms with Gasteiger partial charge in [0.1, 0.15) is 19.3 Å². The third-order valence-corrected chi connectivity index (χ3v) is 13.4. The number of quaternary nitrogens is 1. The van der Waals surface area contributed by atoms with Gasteiger partial charge in [-0.05, 0) is 70.3 Å². The SMILES string of the molecule is CCCCC/C=C\C/C=C\C/C=C\C/C=C\CCCC(=O)OC(/C=C/CCCCCCCCCCCCC)C(COP(=O)([O-])OCC[N+](C)(C)C)NC(=O)CCCCCCCCCCCCCCC. The van der Waals surface area contributed by atoms with E-state index in [4.69, 9.17) is 13.8 Å². The predicted octanol–water partition coefficient (Wildman–Crippen LogP) is 16.5. The van der Waals surface area contributed by atoms with Gasteiger partial charge in [-0.2, -0.15) is 0 Å². The Bertz CT molecular complexity index is 1370. The molecule has 0 rings (SSSR count). The van der Waals surface area contributed by atoms with Crippen molar-refractivity contribution in [3.63, 3.8) is 0 Å². The van der Waals surface area contributed by atoms with Crippen LogP contribution in [0.25, 0.3) is 0 Å². The molecule has 0 saturated heterocycles. The molecule has 0 aromatic carbocycles. The van der Waals surface area contributed by atoms with Crippen molar-refractivity contribution in [2.24, 2.45) is 0 Å². The Labute approximate surface area is 426 Å². The van der Waals surface area contributed by atoms with Crippen molar-refractivity contribution in [1.29, 1.82) is 0 Å². The second kappa shape index (κ2) is 49.3. The van der Waals surface area contributed by atoms with Crippen molar-refractivity contribution in [2.45, 2.75) is 264 Å². The summed E-state index contributed by atoms with van der Waals surface area (Å²) in [6.07, 6.45) is 60.4. The number of amides is 1. The van der Waals surface area contributed by atoms with Crippen LogP contribution in [0.5, 0.6) is 0 Å². The highest BCUT2D eigenvalue weighted by Gasteiger charge is 2.27. The summed E-state index contributed by atoms with van der Waals surface area (Å²) in [5.41, 5.74) is 0. The largest absolute Gasteiger partial charge is 0.756 e. The van der Waals surface area contributed by atoms with Crippen molar-refractivity contribution < 1.29 is 37.3 Å². The lowest BCUT2D eigenvalue weighted by molar-refractivity contribution is -0.870. The number of unbranched alkanes of at least 4 members (excludes halogenated alkanes) is 27. The summed E-state index contributed by atoms with van der Waals surface area (Å²) in [5, 5.41) is 3.01. The Balaban J connectivity index is 5.47. The van der Waals surface area contributed by atoms with Crippen LogP contribution in [0.3, 0.4) is 0 Å². The topological polar surface area (TPSA) is 114 Å². The minimum atomic E-state index is -4.70. The number of allylic oxidation sites excluding steroid dienone is 9. The Morgan fingerprint density at radius 1 is 0.507 bits per heavy atom. The number of phosphoric ester groups is 1. The molecule has 0 aromatic rings. The smallest absolute Gasteiger partial charge is 0.306 e. The van der Waals surface area contributed by atoms with Gasteiger partial charge in [-0.1, -0.05) is 230 Å². The highest BCUT2D eigenvalue weighted by molar-refractivity contribution is 7.45. The van der Waals surface area contributed by atoms with E-state index in [0.29, 0.717) is 23.9 Å². The fraction of sp³-hybridized carbons (Fsp3) is 0.797. The van der Waals surface area contributed by atoms with E-state index in [1.54, 1.807) is 0 Å². The number of ether oxygens (including phenoxy) is 1. The van der Waals surface area contributed by atoms with Gasteiger partial charge >= 0.3 is 5.97 Å². The third-order valence-electron chi connectivity index (χ3n) is 12.5. The molecule has 3 unspecified atom stereocenters. The molecule has 0 aliphatic carbocycles. The fourth-order valence-electron chi connectivity index (χ4n) is 7.98. The molecule has 0 radical (unpaired) electrons. The van der Waals surface area contributed by atoms with Crippen LogP contribution in [0.2, 0.25) is 0 Å². The summed E-state index contributed by atoms with van der Waals surface area (Å²) in [6, 6.07) is -0.908. The zero-order valence-corrected chi connectivity index (χ0v) is 46.7. The summed E-state index contributed by atoms with van der Waals surface area (Å²) >= 11 is 0. The molecule has 0 bridgehead atoms. The number of carbonyl (C=O) groups excluding carboxylic acids is 2. The standard InChI is InChI=1S/C59H109N2O7P/c1-7-10-13-16-19-22-25-28-29-30-31-34-37-40-43-46-49-52-59(63)68-57(50-47-44-41-38-35-32-26-23-20-17-14-11-8-2)56(55-67-69(64,65)66-54-53-61(4,5)6)60-58(62)51-48-45-42-39-36-33-27-24-21-18-15-12-9-3/h19,22,28-29,31,34,40,43,47,50,56-57H,7-18,20-21,23-27,30,32-33,35-39,41-42,44-46,48-49,51-55H2,1-6H3,(H-,60,62,64,65)/b22-19-,29-28-,34-31-,43-40-,50-47+. The van der Waals surface area contributed by atoms with Crippen molar-refractivity contribution >= 4 is 19.7 Å².